The van der Waals surface area contributed by atoms with Crippen LogP contribution in [0.5, 0.6) is 0 Å². The second kappa shape index (κ2) is 5.69. The van der Waals surface area contributed by atoms with Gasteiger partial charge in [0.15, 0.2) is 11.6 Å². The molecule has 0 heterocycles. The van der Waals surface area contributed by atoms with Gasteiger partial charge in [0.05, 0.1) is 6.42 Å². The van der Waals surface area contributed by atoms with Crippen LogP contribution in [0.2, 0.25) is 0 Å². The quantitative estimate of drug-likeness (QED) is 0.847. The molecule has 0 aliphatic carbocycles. The Morgan fingerprint density at radius 3 is 2.65 bits per heavy atom. The lowest BCUT2D eigenvalue weighted by Gasteiger charge is -2.10. The van der Waals surface area contributed by atoms with Gasteiger partial charge in [0.25, 0.3) is 0 Å². The Morgan fingerprint density at radius 2 is 1.90 bits per heavy atom. The molecule has 0 spiro atoms. The number of anilines is 2. The maximum Gasteiger partial charge on any atom is 0.228 e. The summed E-state index contributed by atoms with van der Waals surface area (Å²) < 4.78 is 26.5. The molecule has 0 unspecified atom stereocenters. The van der Waals surface area contributed by atoms with Gasteiger partial charge in [-0.15, -0.1) is 0 Å². The largest absolute Gasteiger partial charge is 0.398 e. The second-order valence-corrected chi connectivity index (χ2v) is 4.46. The van der Waals surface area contributed by atoms with Crippen LogP contribution in [0, 0.1) is 18.6 Å². The van der Waals surface area contributed by atoms with Crippen LogP contribution >= 0.6 is 0 Å². The molecule has 3 nitrogen and oxygen atoms in total. The molecular formula is C15H14F2N2O. The van der Waals surface area contributed by atoms with Crippen LogP contribution in [0.3, 0.4) is 0 Å². The highest BCUT2D eigenvalue weighted by Crippen LogP contribution is 2.21. The summed E-state index contributed by atoms with van der Waals surface area (Å²) in [5, 5.41) is 2.64. The first kappa shape index (κ1) is 14.0. The molecule has 104 valence electrons. The lowest BCUT2D eigenvalue weighted by molar-refractivity contribution is -0.115. The molecule has 2 rings (SSSR count). The van der Waals surface area contributed by atoms with Crippen molar-refractivity contribution in [3.05, 3.63) is 59.2 Å². The monoisotopic (exact) mass is 276 g/mol. The van der Waals surface area contributed by atoms with Crippen LogP contribution in [-0.2, 0) is 11.2 Å². The van der Waals surface area contributed by atoms with Crippen molar-refractivity contribution < 1.29 is 13.6 Å². The van der Waals surface area contributed by atoms with E-state index < -0.39 is 17.5 Å². The van der Waals surface area contributed by atoms with Crippen molar-refractivity contribution >= 4 is 17.3 Å². The van der Waals surface area contributed by atoms with Gasteiger partial charge in [-0.25, -0.2) is 8.78 Å². The van der Waals surface area contributed by atoms with E-state index in [4.69, 9.17) is 5.73 Å². The first-order chi connectivity index (χ1) is 9.49. The summed E-state index contributed by atoms with van der Waals surface area (Å²) in [5.41, 5.74) is 7.60. The summed E-state index contributed by atoms with van der Waals surface area (Å²) >= 11 is 0. The lowest BCUT2D eigenvalue weighted by atomic mass is 10.1. The van der Waals surface area contributed by atoms with Gasteiger partial charge in [-0.3, -0.25) is 4.79 Å². The second-order valence-electron chi connectivity index (χ2n) is 4.46. The third kappa shape index (κ3) is 2.93. The average Bonchev–Trinajstić information content (AvgIpc) is 2.40. The predicted octanol–water partition coefficient (Wildman–Crippen LogP) is 3.04. The minimum absolute atomic E-state index is 0.0176. The van der Waals surface area contributed by atoms with Crippen LogP contribution < -0.4 is 11.1 Å². The highest BCUT2D eigenvalue weighted by Gasteiger charge is 2.12. The number of carbonyl (C=O) groups excluding carboxylic acids is 1. The molecule has 0 aliphatic rings. The topological polar surface area (TPSA) is 55.1 Å². The molecule has 3 N–H and O–H groups in total. The Balaban J connectivity index is 2.13. The van der Waals surface area contributed by atoms with E-state index in [0.29, 0.717) is 11.4 Å². The smallest absolute Gasteiger partial charge is 0.228 e. The van der Waals surface area contributed by atoms with E-state index in [0.717, 1.165) is 11.6 Å². The average molecular weight is 276 g/mol. The minimum Gasteiger partial charge on any atom is -0.398 e. The summed E-state index contributed by atoms with van der Waals surface area (Å²) in [7, 11) is 0. The molecule has 0 bridgehead atoms. The van der Waals surface area contributed by atoms with E-state index in [1.54, 1.807) is 25.1 Å². The molecule has 0 aromatic heterocycles. The highest BCUT2D eigenvalue weighted by molar-refractivity contribution is 5.93. The number of carbonyl (C=O) groups is 1. The lowest BCUT2D eigenvalue weighted by Crippen LogP contribution is -2.16. The van der Waals surface area contributed by atoms with E-state index in [1.165, 1.54) is 12.1 Å². The summed E-state index contributed by atoms with van der Waals surface area (Å²) in [6.07, 6.45) is -0.238. The maximum atomic E-state index is 13.5. The molecule has 2 aromatic carbocycles. The van der Waals surface area contributed by atoms with Crippen LogP contribution in [0.4, 0.5) is 20.2 Å². The predicted molar refractivity (Wildman–Crippen MR) is 74.3 cm³/mol. The summed E-state index contributed by atoms with van der Waals surface area (Å²) in [5.74, 6) is -2.38. The number of hydrogen-bond donors (Lipinski definition) is 2. The summed E-state index contributed by atoms with van der Waals surface area (Å²) in [6.45, 7) is 1.77. The number of benzene rings is 2. The molecular weight excluding hydrogens is 262 g/mol. The molecule has 0 aliphatic heterocycles. The number of amides is 1. The molecule has 0 saturated carbocycles. The van der Waals surface area contributed by atoms with Gasteiger partial charge in [0.1, 0.15) is 0 Å². The van der Waals surface area contributed by atoms with Crippen molar-refractivity contribution in [2.24, 2.45) is 0 Å². The van der Waals surface area contributed by atoms with Gasteiger partial charge in [0.2, 0.25) is 5.91 Å². The van der Waals surface area contributed by atoms with Gasteiger partial charge >= 0.3 is 0 Å². The van der Waals surface area contributed by atoms with E-state index >= 15 is 0 Å². The Hall–Kier alpha value is -2.43. The Labute approximate surface area is 115 Å². The van der Waals surface area contributed by atoms with Crippen molar-refractivity contribution in [1.29, 1.82) is 0 Å². The third-order valence-electron chi connectivity index (χ3n) is 3.03. The fraction of sp³-hybridized carbons (Fsp3) is 0.133. The van der Waals surface area contributed by atoms with Gasteiger partial charge in [-0.05, 0) is 30.7 Å². The van der Waals surface area contributed by atoms with Crippen molar-refractivity contribution in [3.8, 4) is 0 Å². The summed E-state index contributed by atoms with van der Waals surface area (Å²) in [4.78, 5) is 11.9. The zero-order valence-electron chi connectivity index (χ0n) is 10.9. The standard InChI is InChI=1S/C15H14F2N2O/c1-9-12(18)6-3-7-13(9)19-14(20)8-10-4-2-5-11(16)15(10)17/h2-7H,8,18H2,1H3,(H,19,20). The number of rotatable bonds is 3. The number of hydrogen-bond acceptors (Lipinski definition) is 2. The fourth-order valence-electron chi connectivity index (χ4n) is 1.84. The van der Waals surface area contributed by atoms with Crippen molar-refractivity contribution in [1.82, 2.24) is 0 Å². The van der Waals surface area contributed by atoms with E-state index in [2.05, 4.69) is 5.32 Å². The minimum atomic E-state index is -0.994. The van der Waals surface area contributed by atoms with E-state index in [9.17, 15) is 13.6 Å². The zero-order valence-corrected chi connectivity index (χ0v) is 10.9. The van der Waals surface area contributed by atoms with Crippen molar-refractivity contribution in [2.45, 2.75) is 13.3 Å². The fourth-order valence-corrected chi connectivity index (χ4v) is 1.84. The number of nitrogens with two attached hydrogens (primary N) is 1. The Bertz CT molecular complexity index is 601. The first-order valence-electron chi connectivity index (χ1n) is 6.07. The number of nitrogens with one attached hydrogen (secondary N) is 1. The molecule has 0 radical (unpaired) electrons. The first-order valence-corrected chi connectivity index (χ1v) is 6.07. The highest BCUT2D eigenvalue weighted by atomic mass is 19.2. The molecule has 1 amide bonds. The van der Waals surface area contributed by atoms with Crippen LogP contribution in [0.25, 0.3) is 0 Å². The van der Waals surface area contributed by atoms with Crippen LogP contribution in [0.15, 0.2) is 36.4 Å². The van der Waals surface area contributed by atoms with Crippen LogP contribution in [-0.4, -0.2) is 5.91 Å². The summed E-state index contributed by atoms with van der Waals surface area (Å²) in [6, 6.07) is 8.89. The number of nitrogen functional groups attached to an aromatic ring is 1. The molecule has 0 atom stereocenters. The normalized spacial score (nSPS) is 10.3. The Kier molecular flexibility index (Phi) is 3.98. The number of halogens is 2. The van der Waals surface area contributed by atoms with Gasteiger partial charge in [0, 0.05) is 16.9 Å². The van der Waals surface area contributed by atoms with Gasteiger partial charge in [-0.2, -0.15) is 0 Å². The zero-order chi connectivity index (χ0) is 14.7. The molecule has 0 fully saturated rings. The molecule has 20 heavy (non-hydrogen) atoms. The van der Waals surface area contributed by atoms with Crippen molar-refractivity contribution in [2.75, 3.05) is 11.1 Å². The SMILES string of the molecule is Cc1c(N)cccc1NC(=O)Cc1cccc(F)c1F. The van der Waals surface area contributed by atoms with Crippen LogP contribution in [0.1, 0.15) is 11.1 Å². The maximum absolute atomic E-state index is 13.5. The van der Waals surface area contributed by atoms with E-state index in [-0.39, 0.29) is 12.0 Å². The third-order valence-corrected chi connectivity index (χ3v) is 3.03. The Morgan fingerprint density at radius 1 is 1.20 bits per heavy atom. The van der Waals surface area contributed by atoms with Gasteiger partial charge in [-0.1, -0.05) is 18.2 Å². The van der Waals surface area contributed by atoms with E-state index in [1.807, 2.05) is 0 Å². The van der Waals surface area contributed by atoms with Gasteiger partial charge < -0.3 is 11.1 Å². The van der Waals surface area contributed by atoms with Crippen molar-refractivity contribution in [3.63, 3.8) is 0 Å². The molecule has 5 heteroatoms. The molecule has 2 aromatic rings. The molecule has 0 saturated heterocycles.